The Kier molecular flexibility index (Phi) is 4.33. The van der Waals surface area contributed by atoms with E-state index in [1.807, 2.05) is 0 Å². The molecule has 1 aromatic carbocycles. The molecule has 1 rings (SSSR count). The number of benzene rings is 1. The Bertz CT molecular complexity index is 430. The van der Waals surface area contributed by atoms with Crippen molar-refractivity contribution in [2.24, 2.45) is 5.73 Å². The van der Waals surface area contributed by atoms with Crippen LogP contribution in [0, 0.1) is 0 Å². The molecule has 6 nitrogen and oxygen atoms in total. The van der Waals surface area contributed by atoms with Crippen LogP contribution in [0.3, 0.4) is 0 Å². The van der Waals surface area contributed by atoms with E-state index in [9.17, 15) is 9.59 Å². The van der Waals surface area contributed by atoms with Crippen LogP contribution in [-0.2, 0) is 9.53 Å². The fourth-order valence-electron chi connectivity index (χ4n) is 1.26. The Labute approximate surface area is 98.3 Å². The molecule has 1 amide bonds. The molecule has 6 heteroatoms. The number of methoxy groups -OCH3 is 2. The lowest BCUT2D eigenvalue weighted by Crippen LogP contribution is -2.21. The predicted octanol–water partition coefficient (Wildman–Crippen LogP) is 0.346. The molecule has 0 radical (unpaired) electrons. The number of carbonyl (C=O) groups is 2. The van der Waals surface area contributed by atoms with Crippen LogP contribution in [-0.4, -0.2) is 32.7 Å². The lowest BCUT2D eigenvalue weighted by Gasteiger charge is -2.11. The van der Waals surface area contributed by atoms with E-state index in [1.54, 1.807) is 12.1 Å². The minimum absolute atomic E-state index is 0.174. The molecule has 0 heterocycles. The van der Waals surface area contributed by atoms with Gasteiger partial charge in [-0.25, -0.2) is 4.79 Å². The first-order valence-corrected chi connectivity index (χ1v) is 4.76. The van der Waals surface area contributed by atoms with E-state index in [4.69, 9.17) is 15.2 Å². The van der Waals surface area contributed by atoms with Crippen molar-refractivity contribution in [2.45, 2.75) is 0 Å². The minimum atomic E-state index is -0.722. The molecule has 0 aliphatic heterocycles. The maximum absolute atomic E-state index is 11.6. The number of ether oxygens (including phenoxy) is 3. The summed E-state index contributed by atoms with van der Waals surface area (Å²) in [6.07, 6.45) is 0. The van der Waals surface area contributed by atoms with Crippen molar-refractivity contribution in [1.29, 1.82) is 0 Å². The maximum Gasteiger partial charge on any atom is 0.342 e. The summed E-state index contributed by atoms with van der Waals surface area (Å²) in [4.78, 5) is 22.1. The van der Waals surface area contributed by atoms with Gasteiger partial charge in [0, 0.05) is 0 Å². The standard InChI is InChI=1S/C11H13NO5/c1-15-8-5-3-4-7(10(8)16-2)11(14)17-6-9(12)13/h3-5H,6H2,1-2H3,(H2,12,13). The summed E-state index contributed by atoms with van der Waals surface area (Å²) in [5, 5.41) is 0. The topological polar surface area (TPSA) is 87.9 Å². The van der Waals surface area contributed by atoms with Crippen molar-refractivity contribution in [1.82, 2.24) is 0 Å². The van der Waals surface area contributed by atoms with Crippen LogP contribution in [0.15, 0.2) is 18.2 Å². The molecule has 0 bridgehead atoms. The second-order valence-electron chi connectivity index (χ2n) is 3.08. The fourth-order valence-corrected chi connectivity index (χ4v) is 1.26. The predicted molar refractivity (Wildman–Crippen MR) is 59.0 cm³/mol. The van der Waals surface area contributed by atoms with Crippen LogP contribution in [0.4, 0.5) is 0 Å². The number of carbonyl (C=O) groups excluding carboxylic acids is 2. The largest absolute Gasteiger partial charge is 0.493 e. The molecule has 0 saturated carbocycles. The molecule has 0 unspecified atom stereocenters. The van der Waals surface area contributed by atoms with Crippen LogP contribution in [0.5, 0.6) is 11.5 Å². The quantitative estimate of drug-likeness (QED) is 0.749. The second kappa shape index (κ2) is 5.74. The summed E-state index contributed by atoms with van der Waals surface area (Å²) in [5.74, 6) is -0.759. The van der Waals surface area contributed by atoms with E-state index < -0.39 is 18.5 Å². The lowest BCUT2D eigenvalue weighted by atomic mass is 10.2. The number of nitrogens with two attached hydrogens (primary N) is 1. The number of esters is 1. The van der Waals surface area contributed by atoms with E-state index in [0.717, 1.165) is 0 Å². The normalized spacial score (nSPS) is 9.53. The first-order chi connectivity index (χ1) is 8.10. The van der Waals surface area contributed by atoms with Gasteiger partial charge in [-0.1, -0.05) is 6.07 Å². The molecule has 0 spiro atoms. The first-order valence-electron chi connectivity index (χ1n) is 4.76. The third-order valence-electron chi connectivity index (χ3n) is 1.97. The highest BCUT2D eigenvalue weighted by atomic mass is 16.5. The molecule has 0 aliphatic rings. The van der Waals surface area contributed by atoms with Gasteiger partial charge in [-0.2, -0.15) is 0 Å². The Morgan fingerprint density at radius 3 is 2.47 bits per heavy atom. The number of hydrogen-bond acceptors (Lipinski definition) is 5. The van der Waals surface area contributed by atoms with Crippen molar-refractivity contribution < 1.29 is 23.8 Å². The third kappa shape index (κ3) is 3.10. The van der Waals surface area contributed by atoms with Gasteiger partial charge >= 0.3 is 5.97 Å². The van der Waals surface area contributed by atoms with E-state index in [1.165, 1.54) is 20.3 Å². The third-order valence-corrected chi connectivity index (χ3v) is 1.97. The minimum Gasteiger partial charge on any atom is -0.493 e. The highest BCUT2D eigenvalue weighted by molar-refractivity contribution is 5.94. The maximum atomic E-state index is 11.6. The molecule has 92 valence electrons. The summed E-state index contributed by atoms with van der Waals surface area (Å²) in [7, 11) is 2.86. The number of hydrogen-bond donors (Lipinski definition) is 1. The molecule has 0 aliphatic carbocycles. The van der Waals surface area contributed by atoms with Gasteiger partial charge in [-0.05, 0) is 12.1 Å². The number of amides is 1. The monoisotopic (exact) mass is 239 g/mol. The van der Waals surface area contributed by atoms with Crippen molar-refractivity contribution in [3.8, 4) is 11.5 Å². The molecule has 0 fully saturated rings. The van der Waals surface area contributed by atoms with E-state index in [2.05, 4.69) is 4.74 Å². The van der Waals surface area contributed by atoms with Gasteiger partial charge in [0.15, 0.2) is 18.1 Å². The summed E-state index contributed by atoms with van der Waals surface area (Å²) in [6, 6.07) is 4.76. The van der Waals surface area contributed by atoms with E-state index in [-0.39, 0.29) is 11.3 Å². The number of rotatable bonds is 5. The number of primary amides is 1. The van der Waals surface area contributed by atoms with E-state index in [0.29, 0.717) is 5.75 Å². The zero-order chi connectivity index (χ0) is 12.8. The molecule has 0 aromatic heterocycles. The Hall–Kier alpha value is -2.24. The van der Waals surface area contributed by atoms with Crippen LogP contribution in [0.1, 0.15) is 10.4 Å². The molecular weight excluding hydrogens is 226 g/mol. The molecule has 0 atom stereocenters. The van der Waals surface area contributed by atoms with Crippen LogP contribution < -0.4 is 15.2 Å². The van der Waals surface area contributed by atoms with Gasteiger partial charge in [0.2, 0.25) is 0 Å². The van der Waals surface area contributed by atoms with Crippen molar-refractivity contribution in [3.63, 3.8) is 0 Å². The smallest absolute Gasteiger partial charge is 0.342 e. The highest BCUT2D eigenvalue weighted by Gasteiger charge is 2.17. The zero-order valence-electron chi connectivity index (χ0n) is 9.56. The van der Waals surface area contributed by atoms with Gasteiger partial charge in [-0.3, -0.25) is 4.79 Å². The van der Waals surface area contributed by atoms with Gasteiger partial charge in [-0.15, -0.1) is 0 Å². The van der Waals surface area contributed by atoms with Gasteiger partial charge < -0.3 is 19.9 Å². The van der Waals surface area contributed by atoms with Crippen LogP contribution in [0.25, 0.3) is 0 Å². The average Bonchev–Trinajstić information content (AvgIpc) is 2.34. The molecule has 2 N–H and O–H groups in total. The van der Waals surface area contributed by atoms with Crippen LogP contribution >= 0.6 is 0 Å². The van der Waals surface area contributed by atoms with Gasteiger partial charge in [0.1, 0.15) is 5.56 Å². The lowest BCUT2D eigenvalue weighted by molar-refractivity contribution is -0.121. The summed E-state index contributed by atoms with van der Waals surface area (Å²) >= 11 is 0. The van der Waals surface area contributed by atoms with Crippen molar-refractivity contribution in [2.75, 3.05) is 20.8 Å². The van der Waals surface area contributed by atoms with Crippen molar-refractivity contribution in [3.05, 3.63) is 23.8 Å². The SMILES string of the molecule is COc1cccc(C(=O)OCC(N)=O)c1OC. The molecule has 17 heavy (non-hydrogen) atoms. The Morgan fingerprint density at radius 1 is 1.24 bits per heavy atom. The Morgan fingerprint density at radius 2 is 1.94 bits per heavy atom. The highest BCUT2D eigenvalue weighted by Crippen LogP contribution is 2.30. The molecular formula is C11H13NO5. The van der Waals surface area contributed by atoms with Crippen LogP contribution in [0.2, 0.25) is 0 Å². The summed E-state index contributed by atoms with van der Waals surface area (Å²) < 4.78 is 14.8. The number of para-hydroxylation sites is 1. The first kappa shape index (κ1) is 12.8. The second-order valence-corrected chi connectivity index (χ2v) is 3.08. The average molecular weight is 239 g/mol. The summed E-state index contributed by atoms with van der Waals surface area (Å²) in [6.45, 7) is -0.473. The molecule has 1 aromatic rings. The van der Waals surface area contributed by atoms with E-state index >= 15 is 0 Å². The fraction of sp³-hybridized carbons (Fsp3) is 0.273. The summed E-state index contributed by atoms with van der Waals surface area (Å²) in [5.41, 5.74) is 5.05. The van der Waals surface area contributed by atoms with Gasteiger partial charge in [0.05, 0.1) is 14.2 Å². The zero-order valence-corrected chi connectivity index (χ0v) is 9.56. The Balaban J connectivity index is 2.96. The molecule has 0 saturated heterocycles. The van der Waals surface area contributed by atoms with Gasteiger partial charge in [0.25, 0.3) is 5.91 Å². The van der Waals surface area contributed by atoms with Crippen molar-refractivity contribution >= 4 is 11.9 Å².